The molecule has 0 aliphatic carbocycles. The van der Waals surface area contributed by atoms with Gasteiger partial charge in [-0.1, -0.05) is 120 Å². The van der Waals surface area contributed by atoms with E-state index in [9.17, 15) is 0 Å². The highest BCUT2D eigenvalue weighted by atomic mass is 15.2. The third kappa shape index (κ3) is 4.30. The molecule has 57 heavy (non-hydrogen) atoms. The molecule has 0 saturated heterocycles. The van der Waals surface area contributed by atoms with Crippen molar-refractivity contribution < 1.29 is 0 Å². The second-order valence-electron chi connectivity index (χ2n) is 18.1. The number of para-hydroxylation sites is 3. The van der Waals surface area contributed by atoms with E-state index in [0.29, 0.717) is 0 Å². The Hall–Kier alpha value is -6.65. The molecule has 274 valence electrons. The van der Waals surface area contributed by atoms with Crippen LogP contribution in [-0.2, 0) is 10.8 Å². The van der Waals surface area contributed by atoms with Crippen molar-refractivity contribution in [2.45, 2.75) is 52.4 Å². The minimum atomic E-state index is -0.0769. The average Bonchev–Trinajstić information content (AvgIpc) is 3.94. The summed E-state index contributed by atoms with van der Waals surface area (Å²) in [5.74, 6) is 0. The third-order valence-corrected chi connectivity index (χ3v) is 12.6. The van der Waals surface area contributed by atoms with Gasteiger partial charge in [0.05, 0.1) is 39.5 Å². The lowest BCUT2D eigenvalue weighted by molar-refractivity contribution is 0.591. The van der Waals surface area contributed by atoms with E-state index in [2.05, 4.69) is 201 Å². The van der Waals surface area contributed by atoms with Crippen molar-refractivity contribution in [3.05, 3.63) is 157 Å². The zero-order chi connectivity index (χ0) is 38.5. The van der Waals surface area contributed by atoms with Crippen LogP contribution in [0.5, 0.6) is 0 Å². The molecule has 0 spiro atoms. The van der Waals surface area contributed by atoms with Crippen LogP contribution in [0.3, 0.4) is 0 Å². The van der Waals surface area contributed by atoms with Crippen LogP contribution in [0.2, 0.25) is 0 Å². The van der Waals surface area contributed by atoms with E-state index in [1.807, 2.05) is 0 Å². The van der Waals surface area contributed by atoms with Crippen molar-refractivity contribution in [1.82, 2.24) is 13.8 Å². The van der Waals surface area contributed by atoms with Gasteiger partial charge < -0.3 is 9.30 Å². The first kappa shape index (κ1) is 32.6. The van der Waals surface area contributed by atoms with Crippen LogP contribution in [-0.4, -0.2) is 13.8 Å². The Labute approximate surface area is 330 Å². The van der Waals surface area contributed by atoms with Gasteiger partial charge in [0, 0.05) is 54.5 Å². The Morgan fingerprint density at radius 3 is 1.61 bits per heavy atom. The van der Waals surface area contributed by atoms with Crippen LogP contribution in [0.25, 0.3) is 87.1 Å². The second-order valence-corrected chi connectivity index (χ2v) is 18.1. The van der Waals surface area contributed by atoms with Crippen molar-refractivity contribution in [3.63, 3.8) is 0 Å². The van der Waals surface area contributed by atoms with Gasteiger partial charge in [-0.3, -0.25) is 4.40 Å². The summed E-state index contributed by atoms with van der Waals surface area (Å²) < 4.78 is 5.00. The predicted octanol–water partition coefficient (Wildman–Crippen LogP) is 14.6. The zero-order valence-corrected chi connectivity index (χ0v) is 33.1. The molecular weight excluding hydrogens is 693 g/mol. The summed E-state index contributed by atoms with van der Waals surface area (Å²) in [4.78, 5) is 7.93. The monoisotopic (exact) mass is 734 g/mol. The summed E-state index contributed by atoms with van der Waals surface area (Å²) >= 11 is 0. The topological polar surface area (TPSA) is 24.9 Å². The quantitative estimate of drug-likeness (QED) is 0.181. The highest BCUT2D eigenvalue weighted by Gasteiger charge is 2.30. The molecular formula is C53H42N4. The molecule has 0 radical (unpaired) electrons. The average molecular weight is 735 g/mol. The number of hydrogen-bond acceptors (Lipinski definition) is 2. The molecule has 0 N–H and O–H groups in total. The normalized spacial score (nSPS) is 13.1. The Morgan fingerprint density at radius 2 is 0.965 bits per heavy atom. The summed E-state index contributed by atoms with van der Waals surface area (Å²) in [5.41, 5.74) is 13.0. The molecule has 0 bridgehead atoms. The molecule has 0 amide bonds. The number of hydrogen-bond donors (Lipinski definition) is 0. The molecule has 12 aromatic rings. The van der Waals surface area contributed by atoms with Crippen LogP contribution >= 0.6 is 0 Å². The fourth-order valence-corrected chi connectivity index (χ4v) is 9.91. The van der Waals surface area contributed by atoms with Crippen LogP contribution < -0.4 is 4.90 Å². The minimum absolute atomic E-state index is 0.0305. The largest absolute Gasteiger partial charge is 0.308 e. The van der Waals surface area contributed by atoms with Gasteiger partial charge >= 0.3 is 0 Å². The Bertz CT molecular complexity index is 3540. The van der Waals surface area contributed by atoms with Crippen LogP contribution in [0.1, 0.15) is 52.7 Å². The summed E-state index contributed by atoms with van der Waals surface area (Å²) in [6, 6.07) is 51.7. The van der Waals surface area contributed by atoms with Gasteiger partial charge in [-0.2, -0.15) is 0 Å². The third-order valence-electron chi connectivity index (χ3n) is 12.6. The highest BCUT2D eigenvalue weighted by Crippen LogP contribution is 2.52. The van der Waals surface area contributed by atoms with E-state index in [1.54, 1.807) is 0 Å². The van der Waals surface area contributed by atoms with E-state index in [1.165, 1.54) is 87.1 Å². The first-order chi connectivity index (χ1) is 27.6. The Kier molecular flexibility index (Phi) is 6.29. The minimum Gasteiger partial charge on any atom is -0.308 e. The van der Waals surface area contributed by atoms with Gasteiger partial charge in [-0.05, 0) is 93.4 Å². The van der Waals surface area contributed by atoms with Gasteiger partial charge in [0.15, 0.2) is 0 Å². The number of benzene rings is 7. The molecule has 0 saturated carbocycles. The van der Waals surface area contributed by atoms with Gasteiger partial charge in [-0.25, -0.2) is 4.98 Å². The summed E-state index contributed by atoms with van der Waals surface area (Å²) in [6.07, 6.45) is 2.16. The molecule has 0 aliphatic heterocycles. The second kappa shape index (κ2) is 11.0. The van der Waals surface area contributed by atoms with E-state index < -0.39 is 0 Å². The lowest BCUT2D eigenvalue weighted by atomic mass is 9.84. The van der Waals surface area contributed by atoms with Crippen LogP contribution in [0.4, 0.5) is 17.1 Å². The van der Waals surface area contributed by atoms with Gasteiger partial charge in [-0.15, -0.1) is 0 Å². The molecule has 12 rings (SSSR count). The molecule has 0 atom stereocenters. The summed E-state index contributed by atoms with van der Waals surface area (Å²) in [5, 5.41) is 12.7. The van der Waals surface area contributed by atoms with Gasteiger partial charge in [0.25, 0.3) is 0 Å². The molecule has 0 unspecified atom stereocenters. The standard InChI is InChI=1S/C53H42N4/c1-52(2,3)32-26-38-37-23-15-16-24-42(37)57-48(38)41(29-32)47-46-40-28-33(53(4,5)6)27-39-45-36-22-14-13-17-31(36)25-43(50(45)56(49(39)40)44(46)30-54-51(47)57)55(34-18-9-7-10-19-34)35-20-11-8-12-21-35/h7-30H,1-6H3. The number of pyridine rings is 1. The van der Waals surface area contributed by atoms with E-state index in [-0.39, 0.29) is 10.8 Å². The number of aromatic nitrogens is 3. The predicted molar refractivity (Wildman–Crippen MR) is 243 cm³/mol. The smallest absolute Gasteiger partial charge is 0.146 e. The van der Waals surface area contributed by atoms with Crippen molar-refractivity contribution >= 4 is 104 Å². The van der Waals surface area contributed by atoms with Crippen LogP contribution in [0, 0.1) is 0 Å². The molecule has 0 aliphatic rings. The van der Waals surface area contributed by atoms with E-state index >= 15 is 0 Å². The lowest BCUT2D eigenvalue weighted by Gasteiger charge is -2.27. The molecule has 4 heteroatoms. The number of fused-ring (bicyclic) bond motifs is 15. The maximum atomic E-state index is 5.49. The number of nitrogens with zero attached hydrogens (tertiary/aromatic N) is 4. The summed E-state index contributed by atoms with van der Waals surface area (Å²) in [6.45, 7) is 14.0. The molecule has 0 fully saturated rings. The summed E-state index contributed by atoms with van der Waals surface area (Å²) in [7, 11) is 0. The molecule has 4 nitrogen and oxygen atoms in total. The fourth-order valence-electron chi connectivity index (χ4n) is 9.91. The van der Waals surface area contributed by atoms with Crippen molar-refractivity contribution in [2.24, 2.45) is 0 Å². The highest BCUT2D eigenvalue weighted by molar-refractivity contribution is 6.37. The van der Waals surface area contributed by atoms with Crippen LogP contribution in [0.15, 0.2) is 146 Å². The lowest BCUT2D eigenvalue weighted by Crippen LogP contribution is -2.11. The number of anilines is 3. The maximum Gasteiger partial charge on any atom is 0.146 e. The van der Waals surface area contributed by atoms with E-state index in [0.717, 1.165) is 28.2 Å². The maximum absolute atomic E-state index is 5.49. The molecule has 5 heterocycles. The fraction of sp³-hybridized carbons (Fsp3) is 0.151. The van der Waals surface area contributed by atoms with Gasteiger partial charge in [0.2, 0.25) is 0 Å². The molecule has 7 aromatic carbocycles. The SMILES string of the molecule is CC(C)(C)c1cc2c3ccccc3n3c4ncc5c(c6cc(C(C)(C)C)cc7c8c9ccccc9cc(N(c9ccccc9)c9ccccc9)c8n5c67)c4c(c1)c23. The molecule has 5 aromatic heterocycles. The number of rotatable bonds is 3. The first-order valence-corrected chi connectivity index (χ1v) is 20.1. The zero-order valence-electron chi connectivity index (χ0n) is 33.1. The Morgan fingerprint density at radius 1 is 0.439 bits per heavy atom. The van der Waals surface area contributed by atoms with Crippen molar-refractivity contribution in [1.29, 1.82) is 0 Å². The Balaban J connectivity index is 1.36. The van der Waals surface area contributed by atoms with E-state index in [4.69, 9.17) is 4.98 Å². The van der Waals surface area contributed by atoms with Gasteiger partial charge in [0.1, 0.15) is 5.65 Å². The van der Waals surface area contributed by atoms with Crippen molar-refractivity contribution in [3.8, 4) is 0 Å². The van der Waals surface area contributed by atoms with Crippen molar-refractivity contribution in [2.75, 3.05) is 4.90 Å². The first-order valence-electron chi connectivity index (χ1n) is 20.1.